The highest BCUT2D eigenvalue weighted by molar-refractivity contribution is 7.12. The number of rotatable bonds is 4. The first-order chi connectivity index (χ1) is 8.16. The fourth-order valence-electron chi connectivity index (χ4n) is 1.14. The van der Waals surface area contributed by atoms with Crippen molar-refractivity contribution in [2.24, 2.45) is 0 Å². The molecule has 7 heteroatoms. The lowest BCUT2D eigenvalue weighted by Crippen LogP contribution is -2.21. The Balaban J connectivity index is 1.93. The number of thiazole rings is 1. The zero-order valence-corrected chi connectivity index (χ0v) is 10.2. The van der Waals surface area contributed by atoms with Gasteiger partial charge < -0.3 is 10.4 Å². The molecule has 0 atom stereocenters. The molecule has 5 nitrogen and oxygen atoms in total. The lowest BCUT2D eigenvalue weighted by atomic mass is 10.4. The van der Waals surface area contributed by atoms with E-state index in [9.17, 15) is 9.59 Å². The second-order valence-corrected chi connectivity index (χ2v) is 4.98. The summed E-state index contributed by atoms with van der Waals surface area (Å²) in [5.41, 5.74) is 0.00960. The number of carbonyl (C=O) groups is 2. The molecule has 0 aliphatic heterocycles. The highest BCUT2D eigenvalue weighted by Gasteiger charge is 2.10. The summed E-state index contributed by atoms with van der Waals surface area (Å²) in [6.07, 6.45) is 0. The molecule has 0 aliphatic rings. The number of nitrogens with zero attached hydrogens (tertiary/aromatic N) is 1. The van der Waals surface area contributed by atoms with Crippen LogP contribution in [0.2, 0.25) is 0 Å². The fourth-order valence-corrected chi connectivity index (χ4v) is 2.49. The molecule has 0 fully saturated rings. The van der Waals surface area contributed by atoms with Gasteiger partial charge in [-0.2, -0.15) is 0 Å². The van der Waals surface area contributed by atoms with Crippen LogP contribution in [0.4, 0.5) is 0 Å². The van der Waals surface area contributed by atoms with Crippen molar-refractivity contribution in [3.05, 3.63) is 38.5 Å². The molecule has 2 heterocycles. The van der Waals surface area contributed by atoms with E-state index in [0.29, 0.717) is 9.88 Å². The van der Waals surface area contributed by atoms with Crippen LogP contribution >= 0.6 is 22.7 Å². The van der Waals surface area contributed by atoms with E-state index in [1.54, 1.807) is 12.1 Å². The average molecular weight is 268 g/mol. The number of aromatic nitrogens is 1. The minimum Gasteiger partial charge on any atom is -0.476 e. The molecular formula is C10H8N2O3S2. The van der Waals surface area contributed by atoms with Gasteiger partial charge in [-0.3, -0.25) is 4.79 Å². The molecule has 0 unspecified atom stereocenters. The van der Waals surface area contributed by atoms with Gasteiger partial charge >= 0.3 is 5.97 Å². The molecule has 0 bridgehead atoms. The Morgan fingerprint density at radius 3 is 2.82 bits per heavy atom. The Kier molecular flexibility index (Phi) is 3.50. The number of thiophene rings is 1. The van der Waals surface area contributed by atoms with Gasteiger partial charge in [0, 0.05) is 5.38 Å². The molecule has 0 aliphatic carbocycles. The number of nitrogens with one attached hydrogen (secondary N) is 1. The van der Waals surface area contributed by atoms with Gasteiger partial charge in [-0.05, 0) is 11.4 Å². The van der Waals surface area contributed by atoms with Crippen LogP contribution in [0.1, 0.15) is 25.2 Å². The monoisotopic (exact) mass is 268 g/mol. The van der Waals surface area contributed by atoms with Crippen molar-refractivity contribution in [2.45, 2.75) is 6.54 Å². The van der Waals surface area contributed by atoms with Crippen LogP contribution in [0.5, 0.6) is 0 Å². The summed E-state index contributed by atoms with van der Waals surface area (Å²) in [5.74, 6) is -1.23. The van der Waals surface area contributed by atoms with E-state index in [4.69, 9.17) is 5.11 Å². The number of hydrogen-bond donors (Lipinski definition) is 2. The largest absolute Gasteiger partial charge is 0.476 e. The maximum absolute atomic E-state index is 11.6. The van der Waals surface area contributed by atoms with E-state index >= 15 is 0 Å². The molecule has 0 aromatic carbocycles. The van der Waals surface area contributed by atoms with Gasteiger partial charge in [0.15, 0.2) is 5.69 Å². The molecule has 2 N–H and O–H groups in total. The van der Waals surface area contributed by atoms with Crippen molar-refractivity contribution in [2.75, 3.05) is 0 Å². The van der Waals surface area contributed by atoms with Gasteiger partial charge in [0.05, 0.1) is 11.4 Å². The van der Waals surface area contributed by atoms with Crippen LogP contribution in [0.25, 0.3) is 0 Å². The predicted molar refractivity (Wildman–Crippen MR) is 64.6 cm³/mol. The summed E-state index contributed by atoms with van der Waals surface area (Å²) < 4.78 is 0. The van der Waals surface area contributed by atoms with Crippen molar-refractivity contribution < 1.29 is 14.7 Å². The van der Waals surface area contributed by atoms with Gasteiger partial charge in [-0.15, -0.1) is 22.7 Å². The third kappa shape index (κ3) is 2.89. The summed E-state index contributed by atoms with van der Waals surface area (Å²) in [7, 11) is 0. The SMILES string of the molecule is O=C(O)c1csc(CNC(=O)c2cccs2)n1. The van der Waals surface area contributed by atoms with Gasteiger partial charge in [-0.25, -0.2) is 9.78 Å². The number of carboxylic acid groups (broad SMARTS) is 1. The zero-order chi connectivity index (χ0) is 12.3. The first-order valence-electron chi connectivity index (χ1n) is 4.66. The van der Waals surface area contributed by atoms with Crippen molar-refractivity contribution in [1.29, 1.82) is 0 Å². The van der Waals surface area contributed by atoms with Crippen LogP contribution in [-0.4, -0.2) is 22.0 Å². The van der Waals surface area contributed by atoms with Crippen LogP contribution in [0.15, 0.2) is 22.9 Å². The topological polar surface area (TPSA) is 79.3 Å². The molecule has 0 spiro atoms. The maximum Gasteiger partial charge on any atom is 0.355 e. The first-order valence-corrected chi connectivity index (χ1v) is 6.42. The molecule has 0 radical (unpaired) electrons. The molecule has 2 aromatic heterocycles. The Bertz CT molecular complexity index is 534. The quantitative estimate of drug-likeness (QED) is 0.886. The number of aromatic carboxylic acids is 1. The minimum atomic E-state index is -1.06. The smallest absolute Gasteiger partial charge is 0.355 e. The Labute approximate surface area is 105 Å². The second-order valence-electron chi connectivity index (χ2n) is 3.09. The molecule has 0 saturated carbocycles. The Hall–Kier alpha value is -1.73. The van der Waals surface area contributed by atoms with Crippen molar-refractivity contribution in [1.82, 2.24) is 10.3 Å². The summed E-state index contributed by atoms with van der Waals surface area (Å²) in [6.45, 7) is 0.245. The van der Waals surface area contributed by atoms with E-state index < -0.39 is 5.97 Å². The van der Waals surface area contributed by atoms with E-state index in [2.05, 4.69) is 10.3 Å². The van der Waals surface area contributed by atoms with Crippen LogP contribution < -0.4 is 5.32 Å². The number of carboxylic acids is 1. The van der Waals surface area contributed by atoms with Crippen molar-refractivity contribution in [3.8, 4) is 0 Å². The first kappa shape index (κ1) is 11.7. The zero-order valence-electron chi connectivity index (χ0n) is 8.54. The lowest BCUT2D eigenvalue weighted by molar-refractivity contribution is 0.0691. The van der Waals surface area contributed by atoms with Crippen LogP contribution in [0, 0.1) is 0 Å². The Morgan fingerprint density at radius 2 is 2.24 bits per heavy atom. The Morgan fingerprint density at radius 1 is 1.41 bits per heavy atom. The molecule has 2 aromatic rings. The summed E-state index contributed by atoms with van der Waals surface area (Å²) in [5, 5.41) is 15.2. The standard InChI is InChI=1S/C10H8N2O3S2/c13-9(7-2-1-3-16-7)11-4-8-12-6(5-17-8)10(14)15/h1-3,5H,4H2,(H,11,13)(H,14,15). The highest BCUT2D eigenvalue weighted by atomic mass is 32.1. The molecule has 0 saturated heterocycles. The number of hydrogen-bond acceptors (Lipinski definition) is 5. The van der Waals surface area contributed by atoms with E-state index in [1.165, 1.54) is 28.1 Å². The van der Waals surface area contributed by atoms with Gasteiger partial charge in [0.1, 0.15) is 5.01 Å². The molecular weight excluding hydrogens is 260 g/mol. The molecule has 2 rings (SSSR count). The second kappa shape index (κ2) is 5.07. The highest BCUT2D eigenvalue weighted by Crippen LogP contribution is 2.11. The van der Waals surface area contributed by atoms with Crippen molar-refractivity contribution in [3.63, 3.8) is 0 Å². The fraction of sp³-hybridized carbons (Fsp3) is 0.100. The van der Waals surface area contributed by atoms with Gasteiger partial charge in [0.2, 0.25) is 0 Å². The van der Waals surface area contributed by atoms with Gasteiger partial charge in [-0.1, -0.05) is 6.07 Å². The lowest BCUT2D eigenvalue weighted by Gasteiger charge is -1.99. The normalized spacial score (nSPS) is 10.1. The molecule has 1 amide bonds. The maximum atomic E-state index is 11.6. The van der Waals surface area contributed by atoms with E-state index in [-0.39, 0.29) is 18.1 Å². The van der Waals surface area contributed by atoms with Gasteiger partial charge in [0.25, 0.3) is 5.91 Å². The minimum absolute atomic E-state index is 0.00960. The van der Waals surface area contributed by atoms with Crippen molar-refractivity contribution >= 4 is 34.6 Å². The van der Waals surface area contributed by atoms with E-state index in [1.807, 2.05) is 5.38 Å². The average Bonchev–Trinajstić information content (AvgIpc) is 2.97. The summed E-state index contributed by atoms with van der Waals surface area (Å²) in [4.78, 5) is 26.7. The third-order valence-electron chi connectivity index (χ3n) is 1.92. The third-order valence-corrected chi connectivity index (χ3v) is 3.63. The molecule has 88 valence electrons. The van der Waals surface area contributed by atoms with Crippen LogP contribution in [0.3, 0.4) is 0 Å². The summed E-state index contributed by atoms with van der Waals surface area (Å²) >= 11 is 2.57. The van der Waals surface area contributed by atoms with E-state index in [0.717, 1.165) is 0 Å². The predicted octanol–water partition coefficient (Wildman–Crippen LogP) is 1.83. The molecule has 17 heavy (non-hydrogen) atoms. The summed E-state index contributed by atoms with van der Waals surface area (Å²) in [6, 6.07) is 3.52. The number of amides is 1. The van der Waals surface area contributed by atoms with Crippen LogP contribution in [-0.2, 0) is 6.54 Å². The number of carbonyl (C=O) groups excluding carboxylic acids is 1.